The highest BCUT2D eigenvalue weighted by molar-refractivity contribution is 7.16. The maximum Gasteiger partial charge on any atom is 0.258 e. The molecule has 0 aliphatic heterocycles. The first-order chi connectivity index (χ1) is 13.6. The highest BCUT2D eigenvalue weighted by Crippen LogP contribution is 2.23. The van der Waals surface area contributed by atoms with Gasteiger partial charge < -0.3 is 9.72 Å². The smallest absolute Gasteiger partial charge is 0.258 e. The topological polar surface area (TPSA) is 59.9 Å². The summed E-state index contributed by atoms with van der Waals surface area (Å²) in [6.45, 7) is 2.55. The molecule has 3 aromatic heterocycles. The monoisotopic (exact) mass is 413 g/mol. The van der Waals surface area contributed by atoms with Crippen LogP contribution in [0.25, 0.3) is 16.7 Å². The summed E-state index contributed by atoms with van der Waals surface area (Å²) in [5.41, 5.74) is 2.49. The molecule has 0 aliphatic carbocycles. The van der Waals surface area contributed by atoms with Gasteiger partial charge in [-0.2, -0.15) is 0 Å². The number of aromatic nitrogens is 3. The molecule has 4 rings (SSSR count). The third kappa shape index (κ3) is 4.13. The second-order valence-corrected chi connectivity index (χ2v) is 8.35. The molecule has 5 nitrogen and oxygen atoms in total. The van der Waals surface area contributed by atoms with Gasteiger partial charge in [0, 0.05) is 23.6 Å². The van der Waals surface area contributed by atoms with Gasteiger partial charge in [0.05, 0.1) is 21.1 Å². The maximum atomic E-state index is 12.6. The molecule has 144 valence electrons. The van der Waals surface area contributed by atoms with Crippen molar-refractivity contribution in [1.29, 1.82) is 0 Å². The van der Waals surface area contributed by atoms with Gasteiger partial charge in [0.1, 0.15) is 18.2 Å². The molecule has 28 heavy (non-hydrogen) atoms. The Morgan fingerprint density at radius 3 is 2.86 bits per heavy atom. The first kappa shape index (κ1) is 18.8. The van der Waals surface area contributed by atoms with Crippen LogP contribution in [0.15, 0.2) is 53.5 Å². The van der Waals surface area contributed by atoms with E-state index in [-0.39, 0.29) is 5.56 Å². The quantitative estimate of drug-likeness (QED) is 0.444. The molecular weight excluding hydrogens is 394 g/mol. The van der Waals surface area contributed by atoms with E-state index in [1.54, 1.807) is 16.8 Å². The third-order valence-corrected chi connectivity index (χ3v) is 5.67. The number of ether oxygens (including phenoxy) is 1. The number of aromatic amines is 1. The lowest BCUT2D eigenvalue weighted by atomic mass is 10.2. The van der Waals surface area contributed by atoms with Gasteiger partial charge in [-0.15, -0.1) is 11.3 Å². The summed E-state index contributed by atoms with van der Waals surface area (Å²) in [6, 6.07) is 12.8. The Hall–Kier alpha value is -2.57. The van der Waals surface area contributed by atoms with E-state index in [4.69, 9.17) is 16.3 Å². The predicted octanol–water partition coefficient (Wildman–Crippen LogP) is 5.35. The third-order valence-electron chi connectivity index (χ3n) is 4.46. The van der Waals surface area contributed by atoms with Crippen LogP contribution in [0.1, 0.15) is 30.5 Å². The predicted molar refractivity (Wildman–Crippen MR) is 114 cm³/mol. The van der Waals surface area contributed by atoms with E-state index in [9.17, 15) is 4.79 Å². The van der Waals surface area contributed by atoms with Crippen molar-refractivity contribution in [3.63, 3.8) is 0 Å². The number of hydrogen-bond acceptors (Lipinski definition) is 4. The van der Waals surface area contributed by atoms with Gasteiger partial charge >= 0.3 is 0 Å². The zero-order chi connectivity index (χ0) is 19.5. The molecule has 0 amide bonds. The van der Waals surface area contributed by atoms with Crippen molar-refractivity contribution in [2.75, 3.05) is 0 Å². The second kappa shape index (κ2) is 8.20. The highest BCUT2D eigenvalue weighted by atomic mass is 35.5. The molecule has 1 aromatic carbocycles. The molecule has 1 N–H and O–H groups in total. The molecule has 4 aromatic rings. The van der Waals surface area contributed by atoms with Gasteiger partial charge in [0.15, 0.2) is 0 Å². The van der Waals surface area contributed by atoms with Crippen LogP contribution in [-0.2, 0) is 13.0 Å². The molecule has 3 heterocycles. The molecular formula is C21H20ClN3O2S. The van der Waals surface area contributed by atoms with Crippen molar-refractivity contribution >= 4 is 34.0 Å². The second-order valence-electron chi connectivity index (χ2n) is 6.55. The summed E-state index contributed by atoms with van der Waals surface area (Å²) >= 11 is 7.39. The zero-order valence-electron chi connectivity index (χ0n) is 15.4. The van der Waals surface area contributed by atoms with Crippen LogP contribution in [0.2, 0.25) is 4.34 Å². The molecule has 7 heteroatoms. The molecule has 0 saturated heterocycles. The summed E-state index contributed by atoms with van der Waals surface area (Å²) < 4.78 is 8.03. The minimum atomic E-state index is -0.146. The fraction of sp³-hybridized carbons (Fsp3) is 0.238. The number of benzene rings is 1. The normalized spacial score (nSPS) is 11.2. The fourth-order valence-electron chi connectivity index (χ4n) is 3.01. The number of halogens is 1. The minimum absolute atomic E-state index is 0.146. The standard InChI is InChI=1S/C21H20ClN3O2S/c1-2-3-4-20-23-17-7-5-14(11-18(17)24-20)25-10-9-15(12-21(25)26)27-13-16-6-8-19(22)28-16/h5-12H,2-4,13H2,1H3,(H,23,24). The van der Waals surface area contributed by atoms with Crippen LogP contribution in [0, 0.1) is 0 Å². The number of nitrogens with zero attached hydrogens (tertiary/aromatic N) is 2. The molecule has 0 atom stereocenters. The van der Waals surface area contributed by atoms with Gasteiger partial charge in [-0.05, 0) is 42.8 Å². The Morgan fingerprint density at radius 2 is 2.11 bits per heavy atom. The first-order valence-corrected chi connectivity index (χ1v) is 10.4. The van der Waals surface area contributed by atoms with E-state index >= 15 is 0 Å². The molecule has 0 unspecified atom stereocenters. The Labute approximate surface area is 171 Å². The van der Waals surface area contributed by atoms with E-state index in [1.165, 1.54) is 17.4 Å². The van der Waals surface area contributed by atoms with E-state index in [0.29, 0.717) is 12.4 Å². The van der Waals surface area contributed by atoms with Crippen LogP contribution >= 0.6 is 22.9 Å². The minimum Gasteiger partial charge on any atom is -0.488 e. The molecule has 0 fully saturated rings. The number of thiophene rings is 1. The van der Waals surface area contributed by atoms with Crippen molar-refractivity contribution in [3.8, 4) is 11.4 Å². The average molecular weight is 414 g/mol. The largest absolute Gasteiger partial charge is 0.488 e. The SMILES string of the molecule is CCCCc1nc2ccc(-n3ccc(OCc4ccc(Cl)s4)cc3=O)cc2[nH]1. The Morgan fingerprint density at radius 1 is 1.21 bits per heavy atom. The molecule has 0 saturated carbocycles. The van der Waals surface area contributed by atoms with Gasteiger partial charge in [0.2, 0.25) is 0 Å². The number of H-pyrrole nitrogens is 1. The first-order valence-electron chi connectivity index (χ1n) is 9.21. The molecule has 0 bridgehead atoms. The summed E-state index contributed by atoms with van der Waals surface area (Å²) in [7, 11) is 0. The number of imidazole rings is 1. The van der Waals surface area contributed by atoms with E-state index in [1.807, 2.05) is 30.3 Å². The number of pyridine rings is 1. The Balaban J connectivity index is 1.54. The number of rotatable bonds is 7. The summed E-state index contributed by atoms with van der Waals surface area (Å²) in [4.78, 5) is 21.5. The van der Waals surface area contributed by atoms with Crippen molar-refractivity contribution in [2.45, 2.75) is 32.8 Å². The van der Waals surface area contributed by atoms with E-state index < -0.39 is 0 Å². The number of hydrogen-bond donors (Lipinski definition) is 1. The average Bonchev–Trinajstić information content (AvgIpc) is 3.29. The van der Waals surface area contributed by atoms with Gasteiger partial charge in [-0.1, -0.05) is 24.9 Å². The number of aryl methyl sites for hydroxylation is 1. The molecule has 0 spiro atoms. The summed E-state index contributed by atoms with van der Waals surface area (Å²) in [5, 5.41) is 0. The van der Waals surface area contributed by atoms with Crippen molar-refractivity contribution < 1.29 is 4.74 Å². The lowest BCUT2D eigenvalue weighted by molar-refractivity contribution is 0.309. The van der Waals surface area contributed by atoms with Crippen molar-refractivity contribution in [2.24, 2.45) is 0 Å². The van der Waals surface area contributed by atoms with Gasteiger partial charge in [-0.25, -0.2) is 4.98 Å². The number of unbranched alkanes of at least 4 members (excludes halogenated alkanes) is 1. The molecule has 0 radical (unpaired) electrons. The van der Waals surface area contributed by atoms with E-state index in [2.05, 4.69) is 16.9 Å². The molecule has 0 aliphatic rings. The van der Waals surface area contributed by atoms with E-state index in [0.717, 1.165) is 51.0 Å². The van der Waals surface area contributed by atoms with Crippen LogP contribution in [-0.4, -0.2) is 14.5 Å². The summed E-state index contributed by atoms with van der Waals surface area (Å²) in [6.07, 6.45) is 4.90. The van der Waals surface area contributed by atoms with Gasteiger partial charge in [0.25, 0.3) is 5.56 Å². The lowest BCUT2D eigenvalue weighted by Gasteiger charge is -2.08. The van der Waals surface area contributed by atoms with Crippen LogP contribution in [0.4, 0.5) is 0 Å². The number of nitrogens with one attached hydrogen (secondary N) is 1. The van der Waals surface area contributed by atoms with Gasteiger partial charge in [-0.3, -0.25) is 9.36 Å². The zero-order valence-corrected chi connectivity index (χ0v) is 17.0. The summed E-state index contributed by atoms with van der Waals surface area (Å²) in [5.74, 6) is 1.52. The van der Waals surface area contributed by atoms with Crippen molar-refractivity contribution in [3.05, 3.63) is 74.1 Å². The van der Waals surface area contributed by atoms with Crippen LogP contribution in [0.5, 0.6) is 5.75 Å². The highest BCUT2D eigenvalue weighted by Gasteiger charge is 2.07. The van der Waals surface area contributed by atoms with Crippen LogP contribution in [0.3, 0.4) is 0 Å². The Kier molecular flexibility index (Phi) is 5.50. The number of fused-ring (bicyclic) bond motifs is 1. The fourth-order valence-corrected chi connectivity index (χ4v) is 4.01. The van der Waals surface area contributed by atoms with Crippen molar-refractivity contribution in [1.82, 2.24) is 14.5 Å². The Bertz CT molecular complexity index is 1160. The maximum absolute atomic E-state index is 12.6. The van der Waals surface area contributed by atoms with Crippen LogP contribution < -0.4 is 10.3 Å². The lowest BCUT2D eigenvalue weighted by Crippen LogP contribution is -2.16.